The van der Waals surface area contributed by atoms with E-state index in [0.717, 1.165) is 18.6 Å². The van der Waals surface area contributed by atoms with Crippen molar-refractivity contribution in [1.82, 2.24) is 5.32 Å². The van der Waals surface area contributed by atoms with Crippen LogP contribution in [-0.2, 0) is 11.2 Å². The lowest BCUT2D eigenvalue weighted by atomic mass is 10.2. The summed E-state index contributed by atoms with van der Waals surface area (Å²) in [6, 6.07) is 5.48. The van der Waals surface area contributed by atoms with Crippen molar-refractivity contribution in [3.8, 4) is 6.07 Å². The number of carbonyl (C=O) groups excluding carboxylic acids is 1. The van der Waals surface area contributed by atoms with E-state index in [2.05, 4.69) is 11.4 Å². The van der Waals surface area contributed by atoms with Crippen molar-refractivity contribution in [1.29, 1.82) is 5.26 Å². The van der Waals surface area contributed by atoms with Gasteiger partial charge in [0.05, 0.1) is 12.3 Å². The van der Waals surface area contributed by atoms with E-state index in [1.54, 1.807) is 12.3 Å². The summed E-state index contributed by atoms with van der Waals surface area (Å²) in [6.45, 7) is 0. The lowest BCUT2D eigenvalue weighted by Crippen LogP contribution is -2.35. The van der Waals surface area contributed by atoms with Gasteiger partial charge in [0, 0.05) is 12.8 Å². The molecule has 1 heterocycles. The molecule has 4 nitrogen and oxygen atoms in total. The molecule has 1 fully saturated rings. The van der Waals surface area contributed by atoms with Gasteiger partial charge < -0.3 is 9.73 Å². The van der Waals surface area contributed by atoms with Gasteiger partial charge in [-0.3, -0.25) is 4.79 Å². The number of aryl methyl sites for hydroxylation is 1. The van der Waals surface area contributed by atoms with Crippen LogP contribution < -0.4 is 5.32 Å². The van der Waals surface area contributed by atoms with E-state index < -0.39 is 0 Å². The second-order valence-electron chi connectivity index (χ2n) is 4.09. The minimum Gasteiger partial charge on any atom is -0.469 e. The second kappa shape index (κ2) is 4.84. The quantitative estimate of drug-likeness (QED) is 0.816. The van der Waals surface area contributed by atoms with E-state index in [4.69, 9.17) is 9.68 Å². The molecule has 0 radical (unpaired) electrons. The minimum atomic E-state index is -0.302. The molecule has 2 rings (SSSR count). The van der Waals surface area contributed by atoms with Crippen molar-refractivity contribution in [2.24, 2.45) is 5.92 Å². The highest BCUT2D eigenvalue weighted by molar-refractivity contribution is 5.76. The predicted molar refractivity (Wildman–Crippen MR) is 57.3 cm³/mol. The molecule has 1 N–H and O–H groups in total. The van der Waals surface area contributed by atoms with Gasteiger partial charge in [-0.05, 0) is 30.9 Å². The fraction of sp³-hybridized carbons (Fsp3) is 0.500. The predicted octanol–water partition coefficient (Wildman–Crippen LogP) is 1.63. The summed E-state index contributed by atoms with van der Waals surface area (Å²) in [5.41, 5.74) is 0. The maximum Gasteiger partial charge on any atom is 0.221 e. The van der Waals surface area contributed by atoms with Gasteiger partial charge in [0.15, 0.2) is 0 Å². The first-order chi connectivity index (χ1) is 7.79. The second-order valence-corrected chi connectivity index (χ2v) is 4.09. The number of nitriles is 1. The smallest absolute Gasteiger partial charge is 0.221 e. The van der Waals surface area contributed by atoms with Crippen LogP contribution in [0, 0.1) is 17.2 Å². The van der Waals surface area contributed by atoms with E-state index in [1.165, 1.54) is 0 Å². The SMILES string of the molecule is N#CC(NC(=O)CCc1ccco1)C1CC1. The standard InChI is InChI=1S/C12H14N2O2/c13-8-11(9-3-4-9)14-12(15)6-5-10-2-1-7-16-10/h1-2,7,9,11H,3-6H2,(H,14,15). The molecule has 1 aromatic heterocycles. The summed E-state index contributed by atoms with van der Waals surface area (Å²) in [5.74, 6) is 1.10. The van der Waals surface area contributed by atoms with Crippen LogP contribution in [0.3, 0.4) is 0 Å². The highest BCUT2D eigenvalue weighted by Crippen LogP contribution is 2.32. The molecule has 1 atom stereocenters. The van der Waals surface area contributed by atoms with E-state index in [9.17, 15) is 4.79 Å². The lowest BCUT2D eigenvalue weighted by molar-refractivity contribution is -0.121. The van der Waals surface area contributed by atoms with Gasteiger partial charge in [0.25, 0.3) is 0 Å². The molecule has 1 amide bonds. The van der Waals surface area contributed by atoms with Crippen molar-refractivity contribution >= 4 is 5.91 Å². The summed E-state index contributed by atoms with van der Waals surface area (Å²) in [5, 5.41) is 11.6. The Balaban J connectivity index is 1.73. The Morgan fingerprint density at radius 1 is 1.69 bits per heavy atom. The van der Waals surface area contributed by atoms with Crippen molar-refractivity contribution in [2.45, 2.75) is 31.7 Å². The molecule has 0 spiro atoms. The van der Waals surface area contributed by atoms with Gasteiger partial charge in [0.1, 0.15) is 11.8 Å². The Bertz CT molecular complexity index is 388. The summed E-state index contributed by atoms with van der Waals surface area (Å²) < 4.78 is 5.13. The van der Waals surface area contributed by atoms with Gasteiger partial charge >= 0.3 is 0 Å². The molecule has 0 aromatic carbocycles. The average Bonchev–Trinajstić information content (AvgIpc) is 3.00. The average molecular weight is 218 g/mol. The van der Waals surface area contributed by atoms with Gasteiger partial charge in [-0.15, -0.1) is 0 Å². The number of hydrogen-bond donors (Lipinski definition) is 1. The van der Waals surface area contributed by atoms with Gasteiger partial charge in [-0.2, -0.15) is 5.26 Å². The van der Waals surface area contributed by atoms with Crippen LogP contribution in [0.25, 0.3) is 0 Å². The molecule has 1 saturated carbocycles. The van der Waals surface area contributed by atoms with Gasteiger partial charge in [-0.1, -0.05) is 0 Å². The fourth-order valence-corrected chi connectivity index (χ4v) is 1.62. The molecule has 4 heteroatoms. The zero-order valence-corrected chi connectivity index (χ0v) is 8.98. The Morgan fingerprint density at radius 3 is 3.06 bits per heavy atom. The molecular formula is C12H14N2O2. The van der Waals surface area contributed by atoms with Crippen LogP contribution >= 0.6 is 0 Å². The van der Waals surface area contributed by atoms with Crippen molar-refractivity contribution in [3.05, 3.63) is 24.2 Å². The molecule has 0 aliphatic heterocycles. The minimum absolute atomic E-state index is 0.0742. The largest absolute Gasteiger partial charge is 0.469 e. The summed E-state index contributed by atoms with van der Waals surface area (Å²) >= 11 is 0. The van der Waals surface area contributed by atoms with Crippen LogP contribution in [0.2, 0.25) is 0 Å². The van der Waals surface area contributed by atoms with E-state index >= 15 is 0 Å². The van der Waals surface area contributed by atoms with Gasteiger partial charge in [0.2, 0.25) is 5.91 Å². The Morgan fingerprint density at radius 2 is 2.50 bits per heavy atom. The fourth-order valence-electron chi connectivity index (χ4n) is 1.62. The molecule has 1 unspecified atom stereocenters. The Labute approximate surface area is 94.2 Å². The number of carbonyl (C=O) groups is 1. The van der Waals surface area contributed by atoms with Crippen LogP contribution in [0.5, 0.6) is 0 Å². The topological polar surface area (TPSA) is 66.0 Å². The highest BCUT2D eigenvalue weighted by Gasteiger charge is 2.32. The third-order valence-corrected chi connectivity index (χ3v) is 2.73. The number of furan rings is 1. The maximum atomic E-state index is 11.5. The number of nitrogens with zero attached hydrogens (tertiary/aromatic N) is 1. The van der Waals surface area contributed by atoms with Crippen molar-refractivity contribution < 1.29 is 9.21 Å². The molecule has 1 aromatic rings. The summed E-state index contributed by atoms with van der Waals surface area (Å²) in [7, 11) is 0. The maximum absolute atomic E-state index is 11.5. The first-order valence-corrected chi connectivity index (χ1v) is 5.51. The molecule has 16 heavy (non-hydrogen) atoms. The third-order valence-electron chi connectivity index (χ3n) is 2.73. The molecule has 1 aliphatic carbocycles. The lowest BCUT2D eigenvalue weighted by Gasteiger charge is -2.09. The summed E-state index contributed by atoms with van der Waals surface area (Å²) in [4.78, 5) is 11.5. The van der Waals surface area contributed by atoms with Gasteiger partial charge in [-0.25, -0.2) is 0 Å². The Hall–Kier alpha value is -1.76. The Kier molecular flexibility index (Phi) is 3.25. The van der Waals surface area contributed by atoms with Crippen LogP contribution in [0.15, 0.2) is 22.8 Å². The normalized spacial score (nSPS) is 16.4. The first kappa shape index (κ1) is 10.7. The first-order valence-electron chi connectivity index (χ1n) is 5.51. The number of hydrogen-bond acceptors (Lipinski definition) is 3. The number of nitrogens with one attached hydrogen (secondary N) is 1. The molecule has 0 saturated heterocycles. The summed E-state index contributed by atoms with van der Waals surface area (Å²) in [6.07, 6.45) is 4.66. The van der Waals surface area contributed by atoms with E-state index in [1.807, 2.05) is 6.07 Å². The monoisotopic (exact) mass is 218 g/mol. The molecule has 84 valence electrons. The van der Waals surface area contributed by atoms with Crippen LogP contribution in [0.4, 0.5) is 0 Å². The third kappa shape index (κ3) is 2.86. The zero-order valence-electron chi connectivity index (χ0n) is 8.98. The van der Waals surface area contributed by atoms with Crippen molar-refractivity contribution in [3.63, 3.8) is 0 Å². The molecule has 0 bridgehead atoms. The number of rotatable bonds is 5. The highest BCUT2D eigenvalue weighted by atomic mass is 16.3. The van der Waals surface area contributed by atoms with Crippen LogP contribution in [0.1, 0.15) is 25.0 Å². The number of amides is 1. The molecule has 1 aliphatic rings. The van der Waals surface area contributed by atoms with E-state index in [0.29, 0.717) is 18.8 Å². The van der Waals surface area contributed by atoms with E-state index in [-0.39, 0.29) is 11.9 Å². The van der Waals surface area contributed by atoms with Crippen LogP contribution in [-0.4, -0.2) is 11.9 Å². The molecular weight excluding hydrogens is 204 g/mol. The zero-order chi connectivity index (χ0) is 11.4. The van der Waals surface area contributed by atoms with Crippen molar-refractivity contribution in [2.75, 3.05) is 0 Å².